The Kier molecular flexibility index (Phi) is 3.02. The summed E-state index contributed by atoms with van der Waals surface area (Å²) in [6, 6.07) is 0. The first-order chi connectivity index (χ1) is 3.56. The van der Waals surface area contributed by atoms with Crippen LogP contribution in [0.2, 0.25) is 0 Å². The predicted octanol–water partition coefficient (Wildman–Crippen LogP) is 0.501. The van der Waals surface area contributed by atoms with E-state index in [4.69, 9.17) is 0 Å². The van der Waals surface area contributed by atoms with Gasteiger partial charge in [-0.05, 0) is 0 Å². The third kappa shape index (κ3) is 5.92. The zero-order valence-electron chi connectivity index (χ0n) is 5.98. The number of likely N-dealkylation sites (N-methyl/N-ethyl adjacent to an activating group) is 1. The Morgan fingerprint density at radius 1 is 1.38 bits per heavy atom. The number of rotatable bonds is 3. The molecule has 0 aromatic carbocycles. The molecule has 0 amide bonds. The van der Waals surface area contributed by atoms with Crippen molar-refractivity contribution in [3.63, 3.8) is 0 Å². The van der Waals surface area contributed by atoms with Crippen molar-refractivity contribution in [2.45, 2.75) is 0 Å². The lowest BCUT2D eigenvalue weighted by Gasteiger charge is -2.22. The van der Waals surface area contributed by atoms with Gasteiger partial charge in [0.1, 0.15) is 6.54 Å². The van der Waals surface area contributed by atoms with E-state index in [0.717, 1.165) is 17.6 Å². The summed E-state index contributed by atoms with van der Waals surface area (Å²) >= 11 is 0. The van der Waals surface area contributed by atoms with Crippen LogP contribution < -0.4 is 0 Å². The molecule has 0 spiro atoms. The minimum Gasteiger partial charge on any atom is -0.373 e. The van der Waals surface area contributed by atoms with Crippen molar-refractivity contribution >= 4 is 0 Å². The van der Waals surface area contributed by atoms with Crippen LogP contribution in [0.3, 0.4) is 0 Å². The van der Waals surface area contributed by atoms with Gasteiger partial charge in [0.15, 0.2) is 0 Å². The molecule has 0 unspecified atom stereocenters. The van der Waals surface area contributed by atoms with Gasteiger partial charge >= 0.3 is 0 Å². The van der Waals surface area contributed by atoms with Gasteiger partial charge in [0, 0.05) is 0 Å². The topological polar surface area (TPSA) is 9.23 Å². The molecular formula is C6H15NO+. The standard InChI is InChI=1S/C6H15NO/c1-7(2,3)5-6-8-4/h4-6H2,1-3H3/q+1. The Morgan fingerprint density at radius 3 is 2.00 bits per heavy atom. The second-order valence-corrected chi connectivity index (χ2v) is 2.92. The van der Waals surface area contributed by atoms with E-state index in [-0.39, 0.29) is 0 Å². The zero-order valence-corrected chi connectivity index (χ0v) is 5.98. The van der Waals surface area contributed by atoms with Crippen molar-refractivity contribution in [3.8, 4) is 0 Å². The summed E-state index contributed by atoms with van der Waals surface area (Å²) in [5.74, 6) is 0. The summed E-state index contributed by atoms with van der Waals surface area (Å²) in [4.78, 5) is 0. The van der Waals surface area contributed by atoms with Crippen molar-refractivity contribution in [2.75, 3.05) is 34.3 Å². The molecule has 0 N–H and O–H groups in total. The molecule has 0 aliphatic rings. The maximum atomic E-state index is 4.65. The highest BCUT2D eigenvalue weighted by Gasteiger charge is 2.03. The molecule has 0 atom stereocenters. The average molecular weight is 117 g/mol. The number of ether oxygens (including phenoxy) is 1. The normalized spacial score (nSPS) is 12.0. The molecule has 49 valence electrons. The van der Waals surface area contributed by atoms with E-state index in [9.17, 15) is 0 Å². The zero-order chi connectivity index (χ0) is 6.62. The quantitative estimate of drug-likeness (QED) is 0.489. The predicted molar refractivity (Wildman–Crippen MR) is 34.2 cm³/mol. The SMILES string of the molecule is [CH2]OCC[N+](C)(C)C. The average Bonchev–Trinajstić information content (AvgIpc) is 1.59. The van der Waals surface area contributed by atoms with E-state index in [0.29, 0.717) is 0 Å². The van der Waals surface area contributed by atoms with Crippen LogP contribution in [0.1, 0.15) is 0 Å². The molecule has 2 heteroatoms. The van der Waals surface area contributed by atoms with Crippen molar-refractivity contribution in [1.82, 2.24) is 0 Å². The summed E-state index contributed by atoms with van der Waals surface area (Å²) in [5.41, 5.74) is 0. The summed E-state index contributed by atoms with van der Waals surface area (Å²) < 4.78 is 5.59. The van der Waals surface area contributed by atoms with Crippen LogP contribution in [0, 0.1) is 7.11 Å². The number of nitrogens with zero attached hydrogens (tertiary/aromatic N) is 1. The Morgan fingerprint density at radius 2 is 1.88 bits per heavy atom. The van der Waals surface area contributed by atoms with Crippen molar-refractivity contribution in [2.24, 2.45) is 0 Å². The van der Waals surface area contributed by atoms with E-state index in [1.54, 1.807) is 0 Å². The monoisotopic (exact) mass is 117 g/mol. The summed E-state index contributed by atoms with van der Waals surface area (Å²) in [6.45, 7) is 1.76. The molecule has 1 radical (unpaired) electrons. The number of hydrogen-bond donors (Lipinski definition) is 0. The van der Waals surface area contributed by atoms with Gasteiger partial charge in [0.2, 0.25) is 0 Å². The first-order valence-electron chi connectivity index (χ1n) is 2.74. The maximum Gasteiger partial charge on any atom is 0.102 e. The van der Waals surface area contributed by atoms with E-state index in [1.165, 1.54) is 0 Å². The Hall–Kier alpha value is -0.0800. The van der Waals surface area contributed by atoms with Crippen molar-refractivity contribution < 1.29 is 9.22 Å². The highest BCUT2D eigenvalue weighted by molar-refractivity contribution is 4.24. The molecule has 0 aromatic heterocycles. The molecule has 0 aromatic rings. The first-order valence-corrected chi connectivity index (χ1v) is 2.74. The fraction of sp³-hybridized carbons (Fsp3) is 0.833. The van der Waals surface area contributed by atoms with Crippen LogP contribution in [0.25, 0.3) is 0 Å². The number of quaternary nitrogens is 1. The van der Waals surface area contributed by atoms with Crippen molar-refractivity contribution in [1.29, 1.82) is 0 Å². The maximum absolute atomic E-state index is 4.65. The largest absolute Gasteiger partial charge is 0.373 e. The fourth-order valence-corrected chi connectivity index (χ4v) is 0.338. The molecule has 0 bridgehead atoms. The minimum absolute atomic E-state index is 0.740. The molecule has 8 heavy (non-hydrogen) atoms. The first kappa shape index (κ1) is 7.92. The van der Waals surface area contributed by atoms with E-state index in [1.807, 2.05) is 0 Å². The molecule has 0 aliphatic heterocycles. The van der Waals surface area contributed by atoms with E-state index in [2.05, 4.69) is 33.0 Å². The Labute approximate surface area is 51.6 Å². The van der Waals surface area contributed by atoms with Crippen molar-refractivity contribution in [3.05, 3.63) is 7.11 Å². The molecular weight excluding hydrogens is 102 g/mol. The highest BCUT2D eigenvalue weighted by atomic mass is 16.5. The Bertz CT molecular complexity index is 56.0. The van der Waals surface area contributed by atoms with Gasteiger partial charge in [-0.1, -0.05) is 0 Å². The highest BCUT2D eigenvalue weighted by Crippen LogP contribution is 1.87. The summed E-state index contributed by atoms with van der Waals surface area (Å²) in [7, 11) is 9.65. The molecule has 0 heterocycles. The van der Waals surface area contributed by atoms with Crippen LogP contribution in [0.5, 0.6) is 0 Å². The molecule has 0 saturated heterocycles. The van der Waals surface area contributed by atoms with Gasteiger partial charge in [-0.3, -0.25) is 0 Å². The second kappa shape index (κ2) is 3.05. The smallest absolute Gasteiger partial charge is 0.102 e. The molecule has 0 fully saturated rings. The van der Waals surface area contributed by atoms with Crippen LogP contribution in [-0.2, 0) is 4.74 Å². The third-order valence-corrected chi connectivity index (χ3v) is 0.906. The lowest BCUT2D eigenvalue weighted by atomic mass is 10.5. The molecule has 0 rings (SSSR count). The van der Waals surface area contributed by atoms with Crippen LogP contribution in [-0.4, -0.2) is 38.8 Å². The molecule has 0 saturated carbocycles. The minimum atomic E-state index is 0.740. The van der Waals surface area contributed by atoms with Gasteiger partial charge in [-0.25, -0.2) is 0 Å². The fourth-order valence-electron chi connectivity index (χ4n) is 0.338. The van der Waals surface area contributed by atoms with Gasteiger partial charge in [-0.2, -0.15) is 0 Å². The van der Waals surface area contributed by atoms with Gasteiger partial charge in [0.05, 0.1) is 34.9 Å². The van der Waals surface area contributed by atoms with Crippen LogP contribution >= 0.6 is 0 Å². The summed E-state index contributed by atoms with van der Waals surface area (Å²) in [6.07, 6.45) is 0. The lowest BCUT2D eigenvalue weighted by Crippen LogP contribution is -2.37. The number of hydrogen-bond acceptors (Lipinski definition) is 1. The Balaban J connectivity index is 3.11. The van der Waals surface area contributed by atoms with Crippen LogP contribution in [0.4, 0.5) is 0 Å². The molecule has 0 aliphatic carbocycles. The van der Waals surface area contributed by atoms with Gasteiger partial charge < -0.3 is 9.22 Å². The summed E-state index contributed by atoms with van der Waals surface area (Å²) in [5, 5.41) is 0. The van der Waals surface area contributed by atoms with Gasteiger partial charge in [0.25, 0.3) is 0 Å². The second-order valence-electron chi connectivity index (χ2n) is 2.92. The van der Waals surface area contributed by atoms with Gasteiger partial charge in [-0.15, -0.1) is 0 Å². The van der Waals surface area contributed by atoms with Crippen LogP contribution in [0.15, 0.2) is 0 Å². The molecule has 2 nitrogen and oxygen atoms in total. The lowest BCUT2D eigenvalue weighted by molar-refractivity contribution is -0.870. The van der Waals surface area contributed by atoms with E-state index >= 15 is 0 Å². The third-order valence-electron chi connectivity index (χ3n) is 0.906. The van der Waals surface area contributed by atoms with E-state index < -0.39 is 0 Å².